The van der Waals surface area contributed by atoms with Crippen molar-refractivity contribution in [2.24, 2.45) is 5.41 Å². The van der Waals surface area contributed by atoms with E-state index in [9.17, 15) is 4.79 Å². The maximum atomic E-state index is 12.9. The first-order valence-corrected chi connectivity index (χ1v) is 9.14. The summed E-state index contributed by atoms with van der Waals surface area (Å²) in [4.78, 5) is 12.9. The van der Waals surface area contributed by atoms with E-state index in [4.69, 9.17) is 4.74 Å². The van der Waals surface area contributed by atoms with Crippen molar-refractivity contribution in [1.82, 2.24) is 10.6 Å². The van der Waals surface area contributed by atoms with Crippen molar-refractivity contribution in [2.45, 2.75) is 31.1 Å². The van der Waals surface area contributed by atoms with Gasteiger partial charge in [-0.05, 0) is 56.5 Å². The lowest BCUT2D eigenvalue weighted by Gasteiger charge is -2.36. The van der Waals surface area contributed by atoms with Gasteiger partial charge in [-0.3, -0.25) is 4.79 Å². The monoisotopic (exact) mass is 416 g/mol. The number of amides is 1. The molecule has 1 aliphatic carbocycles. The van der Waals surface area contributed by atoms with Crippen molar-refractivity contribution < 1.29 is 9.53 Å². The van der Waals surface area contributed by atoms with Crippen LogP contribution in [0.4, 0.5) is 0 Å². The SMILES string of the molecule is COCC1(C(=O)NCC2(c3cccc(Br)c3)CC2)CCNCC1.Cl. The first kappa shape index (κ1) is 19.7. The van der Waals surface area contributed by atoms with Crippen molar-refractivity contribution in [1.29, 1.82) is 0 Å². The highest BCUT2D eigenvalue weighted by molar-refractivity contribution is 9.10. The third-order valence-electron chi connectivity index (χ3n) is 5.34. The van der Waals surface area contributed by atoms with Gasteiger partial charge >= 0.3 is 0 Å². The van der Waals surface area contributed by atoms with Crippen molar-refractivity contribution in [3.05, 3.63) is 34.3 Å². The van der Waals surface area contributed by atoms with Crippen LogP contribution in [0, 0.1) is 5.41 Å². The summed E-state index contributed by atoms with van der Waals surface area (Å²) < 4.78 is 6.46. The Balaban J connectivity index is 0.00000208. The smallest absolute Gasteiger partial charge is 0.228 e. The zero-order valence-electron chi connectivity index (χ0n) is 14.1. The third kappa shape index (κ3) is 4.13. The van der Waals surface area contributed by atoms with E-state index in [1.165, 1.54) is 5.56 Å². The quantitative estimate of drug-likeness (QED) is 0.748. The molecule has 3 rings (SSSR count). The first-order chi connectivity index (χ1) is 11.1. The molecule has 24 heavy (non-hydrogen) atoms. The fraction of sp³-hybridized carbons (Fsp3) is 0.611. The summed E-state index contributed by atoms with van der Waals surface area (Å²) in [5, 5.41) is 6.57. The lowest BCUT2D eigenvalue weighted by Crippen LogP contribution is -2.51. The summed E-state index contributed by atoms with van der Waals surface area (Å²) in [6, 6.07) is 8.45. The molecular formula is C18H26BrClN2O2. The van der Waals surface area contributed by atoms with Gasteiger partial charge in [0, 0.05) is 23.5 Å². The second kappa shape index (κ2) is 8.17. The molecule has 1 aromatic rings. The first-order valence-electron chi connectivity index (χ1n) is 8.34. The number of rotatable bonds is 6. The molecule has 134 valence electrons. The van der Waals surface area contributed by atoms with Crippen LogP contribution in [0.25, 0.3) is 0 Å². The Hall–Kier alpha value is -0.620. The van der Waals surface area contributed by atoms with Crippen LogP contribution in [0.2, 0.25) is 0 Å². The van der Waals surface area contributed by atoms with Crippen LogP contribution in [0.5, 0.6) is 0 Å². The van der Waals surface area contributed by atoms with Crippen molar-refractivity contribution >= 4 is 34.2 Å². The molecule has 0 unspecified atom stereocenters. The van der Waals surface area contributed by atoms with E-state index in [0.717, 1.165) is 49.8 Å². The van der Waals surface area contributed by atoms with Crippen LogP contribution in [-0.4, -0.2) is 39.3 Å². The molecule has 1 aliphatic heterocycles. The van der Waals surface area contributed by atoms with E-state index in [1.807, 2.05) is 6.07 Å². The van der Waals surface area contributed by atoms with E-state index in [-0.39, 0.29) is 29.1 Å². The zero-order valence-corrected chi connectivity index (χ0v) is 16.5. The fourth-order valence-corrected chi connectivity index (χ4v) is 3.99. The van der Waals surface area contributed by atoms with Gasteiger partial charge in [0.25, 0.3) is 0 Å². The number of ether oxygens (including phenoxy) is 1. The van der Waals surface area contributed by atoms with E-state index >= 15 is 0 Å². The summed E-state index contributed by atoms with van der Waals surface area (Å²) in [5.41, 5.74) is 1.08. The van der Waals surface area contributed by atoms with Gasteiger partial charge in [-0.2, -0.15) is 0 Å². The second-order valence-corrected chi connectivity index (χ2v) is 7.85. The zero-order chi connectivity index (χ0) is 16.3. The molecule has 0 bridgehead atoms. The molecule has 2 aliphatic rings. The molecule has 1 heterocycles. The van der Waals surface area contributed by atoms with Crippen LogP contribution < -0.4 is 10.6 Å². The molecule has 1 aromatic carbocycles. The molecule has 6 heteroatoms. The molecule has 4 nitrogen and oxygen atoms in total. The number of hydrogen-bond acceptors (Lipinski definition) is 3. The average Bonchev–Trinajstić information content (AvgIpc) is 3.35. The Bertz CT molecular complexity index is 566. The standard InChI is InChI=1S/C18H25BrN2O2.ClH/c1-23-13-18(7-9-20-10-8-18)16(22)21-12-17(5-6-17)14-3-2-4-15(19)11-14;/h2-4,11,20H,5-10,12-13H2,1H3,(H,21,22);1H. The van der Waals surface area contributed by atoms with E-state index < -0.39 is 0 Å². The maximum absolute atomic E-state index is 12.9. The molecule has 0 atom stereocenters. The second-order valence-electron chi connectivity index (χ2n) is 6.94. The largest absolute Gasteiger partial charge is 0.384 e. The van der Waals surface area contributed by atoms with Gasteiger partial charge in [-0.1, -0.05) is 28.1 Å². The molecule has 2 N–H and O–H groups in total. The van der Waals surface area contributed by atoms with E-state index in [1.54, 1.807) is 7.11 Å². The average molecular weight is 418 g/mol. The number of hydrogen-bond donors (Lipinski definition) is 2. The Kier molecular flexibility index (Phi) is 6.71. The summed E-state index contributed by atoms with van der Waals surface area (Å²) in [6.45, 7) is 2.99. The van der Waals surface area contributed by atoms with Crippen LogP contribution in [0.3, 0.4) is 0 Å². The number of carbonyl (C=O) groups excluding carboxylic acids is 1. The molecule has 1 saturated carbocycles. The van der Waals surface area contributed by atoms with Crippen molar-refractivity contribution in [3.8, 4) is 0 Å². The molecule has 0 aromatic heterocycles. The van der Waals surface area contributed by atoms with Gasteiger partial charge in [0.15, 0.2) is 0 Å². The highest BCUT2D eigenvalue weighted by Gasteiger charge is 2.46. The fourth-order valence-electron chi connectivity index (χ4n) is 3.59. The van der Waals surface area contributed by atoms with Gasteiger partial charge < -0.3 is 15.4 Å². The third-order valence-corrected chi connectivity index (χ3v) is 5.83. The van der Waals surface area contributed by atoms with Crippen LogP contribution in [-0.2, 0) is 14.9 Å². The van der Waals surface area contributed by atoms with E-state index in [0.29, 0.717) is 6.61 Å². The van der Waals surface area contributed by atoms with E-state index in [2.05, 4.69) is 44.8 Å². The minimum Gasteiger partial charge on any atom is -0.384 e. The van der Waals surface area contributed by atoms with Gasteiger partial charge in [-0.25, -0.2) is 0 Å². The van der Waals surface area contributed by atoms with Gasteiger partial charge in [0.1, 0.15) is 0 Å². The van der Waals surface area contributed by atoms with Gasteiger partial charge in [0.2, 0.25) is 5.91 Å². The number of methoxy groups -OCH3 is 1. The molecule has 1 saturated heterocycles. The summed E-state index contributed by atoms with van der Waals surface area (Å²) in [5.74, 6) is 0.155. The van der Waals surface area contributed by atoms with Crippen LogP contribution in [0.15, 0.2) is 28.7 Å². The Labute approximate surface area is 158 Å². The number of nitrogens with one attached hydrogen (secondary N) is 2. The van der Waals surface area contributed by atoms with Crippen LogP contribution >= 0.6 is 28.3 Å². The predicted molar refractivity (Wildman–Crippen MR) is 102 cm³/mol. The highest BCUT2D eigenvalue weighted by Crippen LogP contribution is 2.48. The van der Waals surface area contributed by atoms with Crippen molar-refractivity contribution in [3.63, 3.8) is 0 Å². The number of halogens is 2. The topological polar surface area (TPSA) is 50.4 Å². The number of carbonyl (C=O) groups is 1. The molecule has 2 fully saturated rings. The molecular weight excluding hydrogens is 392 g/mol. The Morgan fingerprint density at radius 3 is 2.58 bits per heavy atom. The summed E-state index contributed by atoms with van der Waals surface area (Å²) >= 11 is 3.54. The summed E-state index contributed by atoms with van der Waals surface area (Å²) in [7, 11) is 1.68. The lowest BCUT2D eigenvalue weighted by atomic mass is 9.78. The summed E-state index contributed by atoms with van der Waals surface area (Å²) in [6.07, 6.45) is 3.97. The van der Waals surface area contributed by atoms with Gasteiger partial charge in [-0.15, -0.1) is 12.4 Å². The lowest BCUT2D eigenvalue weighted by molar-refractivity contribution is -0.136. The molecule has 1 amide bonds. The Morgan fingerprint density at radius 1 is 1.29 bits per heavy atom. The number of benzene rings is 1. The Morgan fingerprint density at radius 2 is 2.00 bits per heavy atom. The van der Waals surface area contributed by atoms with Crippen LogP contribution in [0.1, 0.15) is 31.2 Å². The number of piperidine rings is 1. The molecule has 0 spiro atoms. The minimum atomic E-state index is -0.368. The highest BCUT2D eigenvalue weighted by atomic mass is 79.9. The van der Waals surface area contributed by atoms with Gasteiger partial charge in [0.05, 0.1) is 12.0 Å². The predicted octanol–water partition coefficient (Wildman–Crippen LogP) is 3.03. The normalized spacial score (nSPS) is 20.8. The minimum absolute atomic E-state index is 0. The maximum Gasteiger partial charge on any atom is 0.228 e. The molecule has 0 radical (unpaired) electrons. The van der Waals surface area contributed by atoms with Crippen molar-refractivity contribution in [2.75, 3.05) is 33.4 Å².